The van der Waals surface area contributed by atoms with E-state index in [2.05, 4.69) is 25.8 Å². The fraction of sp³-hybridized carbons (Fsp3) is 0.600. The molecule has 9 nitrogen and oxygen atoms in total. The zero-order valence-corrected chi connectivity index (χ0v) is 14.6. The van der Waals surface area contributed by atoms with Gasteiger partial charge in [-0.15, -0.1) is 5.10 Å². The van der Waals surface area contributed by atoms with Crippen molar-refractivity contribution in [1.82, 2.24) is 29.9 Å². The molecule has 24 heavy (non-hydrogen) atoms. The summed E-state index contributed by atoms with van der Waals surface area (Å²) >= 11 is 0. The van der Waals surface area contributed by atoms with E-state index in [0.717, 1.165) is 29.2 Å². The summed E-state index contributed by atoms with van der Waals surface area (Å²) in [5.41, 5.74) is 3.02. The van der Waals surface area contributed by atoms with E-state index in [1.54, 1.807) is 11.7 Å². The van der Waals surface area contributed by atoms with Crippen LogP contribution in [-0.4, -0.2) is 43.2 Å². The van der Waals surface area contributed by atoms with Crippen molar-refractivity contribution in [1.29, 1.82) is 0 Å². The van der Waals surface area contributed by atoms with Crippen molar-refractivity contribution in [3.63, 3.8) is 0 Å². The van der Waals surface area contributed by atoms with Gasteiger partial charge in [-0.3, -0.25) is 14.7 Å². The molecule has 9 heteroatoms. The second-order valence-corrected chi connectivity index (χ2v) is 6.10. The van der Waals surface area contributed by atoms with Gasteiger partial charge in [0.2, 0.25) is 5.95 Å². The van der Waals surface area contributed by atoms with E-state index in [4.69, 9.17) is 4.74 Å². The molecule has 2 atom stereocenters. The standard InChI is InChI=1S/C15H23N7O2/c1-8-12(9(2)21(4)19-8)13-11(6-7-24-13)17-15(23)18-14-16-10(3)22(5)20-14/h11,13H,6-7H2,1-5H3,(H2,17,18,20,23)/t11-,13-/m1/s1. The Morgan fingerprint density at radius 3 is 2.54 bits per heavy atom. The van der Waals surface area contributed by atoms with Crippen LogP contribution in [0.4, 0.5) is 10.7 Å². The summed E-state index contributed by atoms with van der Waals surface area (Å²) in [6.45, 7) is 6.39. The van der Waals surface area contributed by atoms with Gasteiger partial charge in [0.05, 0.1) is 11.7 Å². The molecular weight excluding hydrogens is 310 g/mol. The molecule has 3 heterocycles. The van der Waals surface area contributed by atoms with E-state index in [1.165, 1.54) is 0 Å². The maximum atomic E-state index is 12.3. The number of hydrogen-bond acceptors (Lipinski definition) is 5. The molecule has 1 saturated heterocycles. The molecule has 2 aromatic rings. The predicted octanol–water partition coefficient (Wildman–Crippen LogP) is 1.13. The number of rotatable bonds is 3. The Balaban J connectivity index is 1.70. The van der Waals surface area contributed by atoms with Crippen LogP contribution in [0.3, 0.4) is 0 Å². The van der Waals surface area contributed by atoms with Crippen LogP contribution in [0, 0.1) is 20.8 Å². The van der Waals surface area contributed by atoms with Crippen molar-refractivity contribution in [2.75, 3.05) is 11.9 Å². The van der Waals surface area contributed by atoms with Crippen molar-refractivity contribution in [2.45, 2.75) is 39.3 Å². The largest absolute Gasteiger partial charge is 0.371 e. The normalized spacial score (nSPS) is 20.4. The van der Waals surface area contributed by atoms with Gasteiger partial charge in [0.25, 0.3) is 0 Å². The number of amides is 2. The average molecular weight is 333 g/mol. The second-order valence-electron chi connectivity index (χ2n) is 6.10. The Hall–Kier alpha value is -2.42. The number of carbonyl (C=O) groups is 1. The van der Waals surface area contributed by atoms with Gasteiger partial charge in [-0.05, 0) is 27.2 Å². The Morgan fingerprint density at radius 2 is 1.96 bits per heavy atom. The Kier molecular flexibility index (Phi) is 4.27. The van der Waals surface area contributed by atoms with Crippen molar-refractivity contribution >= 4 is 12.0 Å². The van der Waals surface area contributed by atoms with Gasteiger partial charge in [0.15, 0.2) is 0 Å². The zero-order chi connectivity index (χ0) is 17.4. The van der Waals surface area contributed by atoms with Gasteiger partial charge in [-0.1, -0.05) is 0 Å². The third kappa shape index (κ3) is 2.99. The molecule has 0 radical (unpaired) electrons. The molecule has 130 valence electrons. The molecule has 0 unspecified atom stereocenters. The van der Waals surface area contributed by atoms with Crippen LogP contribution in [0.15, 0.2) is 0 Å². The average Bonchev–Trinajstić information content (AvgIpc) is 3.12. The van der Waals surface area contributed by atoms with Crippen LogP contribution in [0.2, 0.25) is 0 Å². The fourth-order valence-electron chi connectivity index (χ4n) is 3.05. The van der Waals surface area contributed by atoms with Gasteiger partial charge in [-0.25, -0.2) is 4.79 Å². The minimum atomic E-state index is -0.333. The molecule has 2 amide bonds. The first kappa shape index (κ1) is 16.4. The van der Waals surface area contributed by atoms with Gasteiger partial charge in [-0.2, -0.15) is 10.1 Å². The Labute approximate surface area is 140 Å². The van der Waals surface area contributed by atoms with Crippen molar-refractivity contribution in [3.05, 3.63) is 22.8 Å². The number of aryl methyl sites for hydroxylation is 4. The van der Waals surface area contributed by atoms with Crippen LogP contribution in [0.25, 0.3) is 0 Å². The highest BCUT2D eigenvalue weighted by molar-refractivity contribution is 5.87. The molecule has 0 aromatic carbocycles. The monoisotopic (exact) mass is 333 g/mol. The van der Waals surface area contributed by atoms with Gasteiger partial charge in [0.1, 0.15) is 11.9 Å². The molecule has 3 rings (SSSR count). The zero-order valence-electron chi connectivity index (χ0n) is 14.6. The molecule has 0 aliphatic carbocycles. The number of nitrogens with zero attached hydrogens (tertiary/aromatic N) is 5. The van der Waals surface area contributed by atoms with E-state index in [-0.39, 0.29) is 24.1 Å². The molecule has 2 N–H and O–H groups in total. The van der Waals surface area contributed by atoms with Gasteiger partial charge >= 0.3 is 6.03 Å². The van der Waals surface area contributed by atoms with Crippen LogP contribution in [0.1, 0.15) is 35.3 Å². The molecule has 0 saturated carbocycles. The summed E-state index contributed by atoms with van der Waals surface area (Å²) in [4.78, 5) is 16.4. The van der Waals surface area contributed by atoms with E-state index < -0.39 is 0 Å². The summed E-state index contributed by atoms with van der Waals surface area (Å²) < 4.78 is 9.32. The quantitative estimate of drug-likeness (QED) is 0.877. The minimum Gasteiger partial charge on any atom is -0.371 e. The number of anilines is 1. The maximum Gasteiger partial charge on any atom is 0.321 e. The number of urea groups is 1. The first-order chi connectivity index (χ1) is 11.4. The molecule has 1 aliphatic heterocycles. The third-order valence-electron chi connectivity index (χ3n) is 4.46. The molecule has 0 spiro atoms. The number of hydrogen-bond donors (Lipinski definition) is 2. The summed E-state index contributed by atoms with van der Waals surface area (Å²) in [6, 6.07) is -0.447. The highest BCUT2D eigenvalue weighted by atomic mass is 16.5. The van der Waals surface area contributed by atoms with E-state index in [0.29, 0.717) is 6.61 Å². The molecule has 2 aromatic heterocycles. The van der Waals surface area contributed by atoms with E-state index in [9.17, 15) is 4.79 Å². The molecular formula is C15H23N7O2. The van der Waals surface area contributed by atoms with Crippen molar-refractivity contribution in [3.8, 4) is 0 Å². The van der Waals surface area contributed by atoms with Crippen LogP contribution < -0.4 is 10.6 Å². The molecule has 1 aliphatic rings. The SMILES string of the molecule is Cc1nn(C)c(C)c1[C@@H]1OCC[C@H]1NC(=O)Nc1nc(C)n(C)n1. The lowest BCUT2D eigenvalue weighted by Gasteiger charge is -2.20. The number of carbonyl (C=O) groups excluding carboxylic acids is 1. The summed E-state index contributed by atoms with van der Waals surface area (Å²) in [6.07, 6.45) is 0.559. The van der Waals surface area contributed by atoms with Crippen LogP contribution >= 0.6 is 0 Å². The van der Waals surface area contributed by atoms with E-state index >= 15 is 0 Å². The lowest BCUT2D eigenvalue weighted by atomic mass is 10.0. The maximum absolute atomic E-state index is 12.3. The topological polar surface area (TPSA) is 98.9 Å². The number of aromatic nitrogens is 5. The Bertz CT molecular complexity index is 745. The highest BCUT2D eigenvalue weighted by Gasteiger charge is 2.34. The van der Waals surface area contributed by atoms with Gasteiger partial charge < -0.3 is 10.1 Å². The summed E-state index contributed by atoms with van der Waals surface area (Å²) in [5.74, 6) is 1.02. The smallest absolute Gasteiger partial charge is 0.321 e. The first-order valence-corrected chi connectivity index (χ1v) is 7.93. The lowest BCUT2D eigenvalue weighted by molar-refractivity contribution is 0.0993. The minimum absolute atomic E-state index is 0.114. The van der Waals surface area contributed by atoms with Crippen LogP contribution in [0.5, 0.6) is 0 Å². The van der Waals surface area contributed by atoms with Gasteiger partial charge in [0, 0.05) is 32.0 Å². The van der Waals surface area contributed by atoms with Crippen molar-refractivity contribution in [2.24, 2.45) is 14.1 Å². The fourth-order valence-corrected chi connectivity index (χ4v) is 3.05. The predicted molar refractivity (Wildman–Crippen MR) is 87.7 cm³/mol. The third-order valence-corrected chi connectivity index (χ3v) is 4.46. The lowest BCUT2D eigenvalue weighted by Crippen LogP contribution is -2.40. The number of nitrogens with one attached hydrogen (secondary N) is 2. The van der Waals surface area contributed by atoms with Crippen LogP contribution in [-0.2, 0) is 18.8 Å². The first-order valence-electron chi connectivity index (χ1n) is 7.93. The van der Waals surface area contributed by atoms with Crippen molar-refractivity contribution < 1.29 is 9.53 Å². The highest BCUT2D eigenvalue weighted by Crippen LogP contribution is 2.33. The second kappa shape index (κ2) is 6.23. The van der Waals surface area contributed by atoms with E-state index in [1.807, 2.05) is 32.5 Å². The summed E-state index contributed by atoms with van der Waals surface area (Å²) in [5, 5.41) is 14.2. The Morgan fingerprint density at radius 1 is 1.21 bits per heavy atom. The summed E-state index contributed by atoms with van der Waals surface area (Å²) in [7, 11) is 3.69. The molecule has 1 fully saturated rings. The molecule has 0 bridgehead atoms. The number of ether oxygens (including phenoxy) is 1.